The van der Waals surface area contributed by atoms with Gasteiger partial charge in [-0.1, -0.05) is 12.1 Å². The average Bonchev–Trinajstić information content (AvgIpc) is 3.05. The van der Waals surface area contributed by atoms with Crippen LogP contribution in [-0.2, 0) is 6.61 Å². The van der Waals surface area contributed by atoms with Crippen molar-refractivity contribution in [3.05, 3.63) is 77.2 Å². The van der Waals surface area contributed by atoms with Gasteiger partial charge < -0.3 is 19.6 Å². The number of benzene rings is 2. The fourth-order valence-electron chi connectivity index (χ4n) is 2.31. The topological polar surface area (TPSA) is 71.7 Å². The summed E-state index contributed by atoms with van der Waals surface area (Å²) in [6.45, 7) is 4.31. The van der Waals surface area contributed by atoms with Crippen molar-refractivity contribution in [3.8, 4) is 11.5 Å². The van der Waals surface area contributed by atoms with Crippen molar-refractivity contribution in [2.24, 2.45) is 0 Å². The lowest BCUT2D eigenvalue weighted by Gasteiger charge is -2.07. The number of amides is 1. The van der Waals surface area contributed by atoms with Crippen molar-refractivity contribution in [1.82, 2.24) is 0 Å². The smallest absolute Gasteiger partial charge is 0.291 e. The number of nitrogens with one attached hydrogen (secondary N) is 1. The number of anilines is 1. The van der Waals surface area contributed by atoms with Crippen molar-refractivity contribution >= 4 is 11.6 Å². The molecule has 0 aliphatic carbocycles. The van der Waals surface area contributed by atoms with E-state index in [4.69, 9.17) is 9.15 Å². The molecule has 25 heavy (non-hydrogen) atoms. The molecule has 0 unspecified atom stereocenters. The van der Waals surface area contributed by atoms with Crippen LogP contribution in [0.4, 0.5) is 5.69 Å². The molecule has 1 heterocycles. The zero-order valence-corrected chi connectivity index (χ0v) is 14.1. The monoisotopic (exact) mass is 337 g/mol. The Balaban J connectivity index is 1.61. The second-order valence-electron chi connectivity index (χ2n) is 5.81. The van der Waals surface area contributed by atoms with E-state index in [1.807, 2.05) is 32.0 Å². The van der Waals surface area contributed by atoms with E-state index in [0.29, 0.717) is 11.4 Å². The molecule has 0 saturated carbocycles. The highest BCUT2D eigenvalue weighted by molar-refractivity contribution is 6.02. The Morgan fingerprint density at radius 2 is 1.92 bits per heavy atom. The maximum atomic E-state index is 12.2. The Labute approximate surface area is 145 Å². The van der Waals surface area contributed by atoms with Crippen molar-refractivity contribution < 1.29 is 19.1 Å². The molecule has 0 atom stereocenters. The van der Waals surface area contributed by atoms with Crippen molar-refractivity contribution in [2.45, 2.75) is 20.5 Å². The van der Waals surface area contributed by atoms with Gasteiger partial charge in [0.1, 0.15) is 23.9 Å². The normalized spacial score (nSPS) is 10.5. The Hall–Kier alpha value is -3.21. The van der Waals surface area contributed by atoms with Crippen LogP contribution in [0.1, 0.15) is 27.4 Å². The van der Waals surface area contributed by atoms with Gasteiger partial charge in [-0.15, -0.1) is 0 Å². The minimum absolute atomic E-state index is 0.0831. The number of phenolic OH excluding ortho intramolecular Hbond substituents is 1. The van der Waals surface area contributed by atoms with Gasteiger partial charge in [0.15, 0.2) is 5.76 Å². The molecule has 2 N–H and O–H groups in total. The molecule has 1 amide bonds. The Morgan fingerprint density at radius 1 is 1.08 bits per heavy atom. The molecule has 3 rings (SSSR count). The minimum Gasteiger partial charge on any atom is -0.508 e. The zero-order chi connectivity index (χ0) is 17.8. The number of aromatic hydroxyl groups is 1. The zero-order valence-electron chi connectivity index (χ0n) is 14.1. The third-order valence-corrected chi connectivity index (χ3v) is 3.85. The minimum atomic E-state index is -0.386. The molecule has 5 nitrogen and oxygen atoms in total. The molecule has 128 valence electrons. The molecule has 2 aromatic carbocycles. The highest BCUT2D eigenvalue weighted by Gasteiger charge is 2.12. The van der Waals surface area contributed by atoms with Gasteiger partial charge in [-0.25, -0.2) is 0 Å². The van der Waals surface area contributed by atoms with Crippen LogP contribution in [0.25, 0.3) is 0 Å². The quantitative estimate of drug-likeness (QED) is 0.722. The second kappa shape index (κ2) is 7.13. The first kappa shape index (κ1) is 16.6. The van der Waals surface area contributed by atoms with Crippen LogP contribution < -0.4 is 10.1 Å². The molecule has 1 aromatic heterocycles. The summed E-state index contributed by atoms with van der Waals surface area (Å²) in [5, 5.41) is 12.1. The number of furan rings is 1. The van der Waals surface area contributed by atoms with Gasteiger partial charge in [-0.3, -0.25) is 4.79 Å². The summed E-state index contributed by atoms with van der Waals surface area (Å²) >= 11 is 0. The SMILES string of the molecule is Cc1ccc(OCc2ccc(C(=O)Nc3cccc(O)c3)o2)cc1C. The van der Waals surface area contributed by atoms with Crippen LogP contribution in [-0.4, -0.2) is 11.0 Å². The highest BCUT2D eigenvalue weighted by Crippen LogP contribution is 2.20. The summed E-state index contributed by atoms with van der Waals surface area (Å²) < 4.78 is 11.2. The maximum Gasteiger partial charge on any atom is 0.291 e. The summed E-state index contributed by atoms with van der Waals surface area (Å²) in [5.41, 5.74) is 2.86. The Kier molecular flexibility index (Phi) is 4.75. The lowest BCUT2D eigenvalue weighted by Crippen LogP contribution is -2.10. The van der Waals surface area contributed by atoms with Crippen LogP contribution in [0, 0.1) is 13.8 Å². The molecular formula is C20H19NO4. The predicted octanol–water partition coefficient (Wildman–Crippen LogP) is 4.43. The first-order valence-corrected chi connectivity index (χ1v) is 7.90. The van der Waals surface area contributed by atoms with Crippen LogP contribution in [0.2, 0.25) is 0 Å². The number of rotatable bonds is 5. The maximum absolute atomic E-state index is 12.2. The fourth-order valence-corrected chi connectivity index (χ4v) is 2.31. The van der Waals surface area contributed by atoms with Gasteiger partial charge in [-0.05, 0) is 61.4 Å². The fraction of sp³-hybridized carbons (Fsp3) is 0.150. The van der Waals surface area contributed by atoms with E-state index >= 15 is 0 Å². The van der Waals surface area contributed by atoms with Crippen molar-refractivity contribution in [2.75, 3.05) is 5.32 Å². The molecule has 0 saturated heterocycles. The molecule has 0 radical (unpaired) electrons. The second-order valence-corrected chi connectivity index (χ2v) is 5.81. The Bertz CT molecular complexity index is 898. The summed E-state index contributed by atoms with van der Waals surface area (Å²) in [6, 6.07) is 15.5. The van der Waals surface area contributed by atoms with Crippen LogP contribution in [0.5, 0.6) is 11.5 Å². The van der Waals surface area contributed by atoms with E-state index in [-0.39, 0.29) is 24.0 Å². The predicted molar refractivity (Wildman–Crippen MR) is 95.0 cm³/mol. The number of hydrogen-bond acceptors (Lipinski definition) is 4. The largest absolute Gasteiger partial charge is 0.508 e. The average molecular weight is 337 g/mol. The number of hydrogen-bond donors (Lipinski definition) is 2. The van der Waals surface area contributed by atoms with Crippen LogP contribution in [0.15, 0.2) is 59.0 Å². The molecule has 0 fully saturated rings. The van der Waals surface area contributed by atoms with E-state index in [2.05, 4.69) is 5.32 Å². The highest BCUT2D eigenvalue weighted by atomic mass is 16.5. The molecule has 3 aromatic rings. The number of phenols is 1. The molecule has 0 aliphatic heterocycles. The van der Waals surface area contributed by atoms with E-state index < -0.39 is 0 Å². The molecule has 0 aliphatic rings. The van der Waals surface area contributed by atoms with E-state index in [0.717, 1.165) is 11.3 Å². The molecule has 5 heteroatoms. The van der Waals surface area contributed by atoms with Gasteiger partial charge in [0.05, 0.1) is 0 Å². The Morgan fingerprint density at radius 3 is 2.68 bits per heavy atom. The van der Waals surface area contributed by atoms with Crippen LogP contribution in [0.3, 0.4) is 0 Å². The van der Waals surface area contributed by atoms with E-state index in [1.165, 1.54) is 17.7 Å². The number of ether oxygens (including phenoxy) is 1. The van der Waals surface area contributed by atoms with Crippen molar-refractivity contribution in [1.29, 1.82) is 0 Å². The summed E-state index contributed by atoms with van der Waals surface area (Å²) in [7, 11) is 0. The molecule has 0 spiro atoms. The van der Waals surface area contributed by atoms with Crippen molar-refractivity contribution in [3.63, 3.8) is 0 Å². The van der Waals surface area contributed by atoms with Gasteiger partial charge in [0, 0.05) is 11.8 Å². The van der Waals surface area contributed by atoms with Gasteiger partial charge in [0.2, 0.25) is 0 Å². The number of aryl methyl sites for hydroxylation is 2. The number of carbonyl (C=O) groups excluding carboxylic acids is 1. The first-order valence-electron chi connectivity index (χ1n) is 7.90. The lowest BCUT2D eigenvalue weighted by molar-refractivity contribution is 0.0992. The van der Waals surface area contributed by atoms with E-state index in [1.54, 1.807) is 24.3 Å². The van der Waals surface area contributed by atoms with Gasteiger partial charge in [-0.2, -0.15) is 0 Å². The van der Waals surface area contributed by atoms with Gasteiger partial charge in [0.25, 0.3) is 5.91 Å². The third kappa shape index (κ3) is 4.20. The summed E-state index contributed by atoms with van der Waals surface area (Å²) in [6.07, 6.45) is 0. The van der Waals surface area contributed by atoms with Crippen LogP contribution >= 0.6 is 0 Å². The summed E-state index contributed by atoms with van der Waals surface area (Å²) in [4.78, 5) is 12.2. The summed E-state index contributed by atoms with van der Waals surface area (Å²) in [5.74, 6) is 1.19. The standard InChI is InChI=1S/C20H19NO4/c1-13-6-7-17(10-14(13)2)24-12-18-8-9-19(25-18)20(23)21-15-4-3-5-16(22)11-15/h3-11,22H,12H2,1-2H3,(H,21,23). The molecule has 0 bridgehead atoms. The van der Waals surface area contributed by atoms with Gasteiger partial charge >= 0.3 is 0 Å². The molecular weight excluding hydrogens is 318 g/mol. The van der Waals surface area contributed by atoms with E-state index in [9.17, 15) is 9.90 Å². The number of carbonyl (C=O) groups is 1. The third-order valence-electron chi connectivity index (χ3n) is 3.85. The lowest BCUT2D eigenvalue weighted by atomic mass is 10.1. The first-order chi connectivity index (χ1) is 12.0.